The van der Waals surface area contributed by atoms with E-state index >= 15 is 0 Å². The number of carbonyl (C=O) groups is 1. The van der Waals surface area contributed by atoms with Crippen molar-refractivity contribution in [2.24, 2.45) is 7.05 Å². The second-order valence-electron chi connectivity index (χ2n) is 6.37. The van der Waals surface area contributed by atoms with E-state index in [0.29, 0.717) is 25.5 Å². The first-order valence-corrected chi connectivity index (χ1v) is 8.26. The van der Waals surface area contributed by atoms with Crippen LogP contribution in [0.5, 0.6) is 0 Å². The summed E-state index contributed by atoms with van der Waals surface area (Å²) in [6.07, 6.45) is -0.384. The van der Waals surface area contributed by atoms with E-state index in [4.69, 9.17) is 4.74 Å². The number of morpholine rings is 1. The highest BCUT2D eigenvalue weighted by molar-refractivity contribution is 5.94. The van der Waals surface area contributed by atoms with Crippen LogP contribution in [0, 0.1) is 20.8 Å². The van der Waals surface area contributed by atoms with Gasteiger partial charge in [0.1, 0.15) is 11.7 Å². The molecule has 1 saturated heterocycles. The third kappa shape index (κ3) is 3.46. The number of nitrogens with zero attached hydrogens (tertiary/aromatic N) is 4. The van der Waals surface area contributed by atoms with Crippen LogP contribution in [0.3, 0.4) is 0 Å². The maximum Gasteiger partial charge on any atom is 0.263 e. The summed E-state index contributed by atoms with van der Waals surface area (Å²) in [6, 6.07) is 5.27. The molecule has 2 aromatic heterocycles. The second-order valence-corrected chi connectivity index (χ2v) is 6.37. The van der Waals surface area contributed by atoms with Crippen LogP contribution in [0.2, 0.25) is 0 Å². The van der Waals surface area contributed by atoms with E-state index in [2.05, 4.69) is 9.97 Å². The molecule has 0 saturated carbocycles. The van der Waals surface area contributed by atoms with Gasteiger partial charge in [0.05, 0.1) is 13.2 Å². The summed E-state index contributed by atoms with van der Waals surface area (Å²) in [6.45, 7) is 6.80. The summed E-state index contributed by atoms with van der Waals surface area (Å²) < 4.78 is 7.25. The van der Waals surface area contributed by atoms with Gasteiger partial charge in [-0.05, 0) is 39.0 Å². The first-order valence-electron chi connectivity index (χ1n) is 8.26. The molecule has 0 aliphatic carbocycles. The van der Waals surface area contributed by atoms with Crippen molar-refractivity contribution in [3.8, 4) is 0 Å². The van der Waals surface area contributed by atoms with Crippen molar-refractivity contribution in [1.82, 2.24) is 19.4 Å². The second kappa shape index (κ2) is 6.76. The largest absolute Gasteiger partial charge is 0.367 e. The molecule has 0 N–H and O–H groups in total. The number of rotatable bonds is 2. The third-order valence-corrected chi connectivity index (χ3v) is 4.43. The van der Waals surface area contributed by atoms with Crippen molar-refractivity contribution < 1.29 is 9.53 Å². The van der Waals surface area contributed by atoms with E-state index in [1.165, 1.54) is 4.57 Å². The van der Waals surface area contributed by atoms with Crippen molar-refractivity contribution in [2.75, 3.05) is 19.7 Å². The lowest BCUT2D eigenvalue weighted by molar-refractivity contribution is -0.0270. The van der Waals surface area contributed by atoms with Crippen molar-refractivity contribution in [3.05, 3.63) is 57.0 Å². The molecule has 7 nitrogen and oxygen atoms in total. The average molecular weight is 342 g/mol. The molecule has 0 radical (unpaired) electrons. The Morgan fingerprint density at radius 2 is 1.88 bits per heavy atom. The molecule has 1 atom stereocenters. The van der Waals surface area contributed by atoms with E-state index in [-0.39, 0.29) is 23.1 Å². The molecular weight excluding hydrogens is 320 g/mol. The van der Waals surface area contributed by atoms with Gasteiger partial charge in [0.25, 0.3) is 11.5 Å². The fourth-order valence-electron chi connectivity index (χ4n) is 2.95. The van der Waals surface area contributed by atoms with Gasteiger partial charge >= 0.3 is 0 Å². The third-order valence-electron chi connectivity index (χ3n) is 4.43. The van der Waals surface area contributed by atoms with Crippen LogP contribution in [0.4, 0.5) is 0 Å². The van der Waals surface area contributed by atoms with Crippen LogP contribution in [-0.4, -0.2) is 45.0 Å². The molecule has 7 heteroatoms. The minimum absolute atomic E-state index is 0.176. The number of hydrogen-bond acceptors (Lipinski definition) is 5. The molecule has 2 aromatic rings. The molecule has 3 rings (SSSR count). The summed E-state index contributed by atoms with van der Waals surface area (Å²) in [5, 5.41) is 0. The standard InChI is InChI=1S/C18H22N4O3/c1-11-9-12(2)20-16(19-11)15-10-22(7-8-25-15)18(24)14-6-5-13(3)21(4)17(14)23/h5-6,9,15H,7-8,10H2,1-4H3/t15-/m0/s1. The average Bonchev–Trinajstić information content (AvgIpc) is 2.58. The first-order chi connectivity index (χ1) is 11.9. The highest BCUT2D eigenvalue weighted by Crippen LogP contribution is 2.21. The Labute approximate surface area is 146 Å². The van der Waals surface area contributed by atoms with E-state index < -0.39 is 0 Å². The van der Waals surface area contributed by atoms with Crippen LogP contribution < -0.4 is 5.56 Å². The highest BCUT2D eigenvalue weighted by atomic mass is 16.5. The molecule has 132 valence electrons. The minimum atomic E-state index is -0.384. The molecule has 1 fully saturated rings. The van der Waals surface area contributed by atoms with Crippen LogP contribution >= 0.6 is 0 Å². The smallest absolute Gasteiger partial charge is 0.263 e. The number of amides is 1. The zero-order chi connectivity index (χ0) is 18.1. The number of pyridine rings is 1. The van der Waals surface area contributed by atoms with Gasteiger partial charge in [0.15, 0.2) is 5.82 Å². The molecule has 3 heterocycles. The molecule has 1 amide bonds. The lowest BCUT2D eigenvalue weighted by Crippen LogP contribution is -2.44. The number of hydrogen-bond donors (Lipinski definition) is 0. The van der Waals surface area contributed by atoms with Crippen molar-refractivity contribution in [3.63, 3.8) is 0 Å². The van der Waals surface area contributed by atoms with Crippen LogP contribution in [0.15, 0.2) is 23.0 Å². The lowest BCUT2D eigenvalue weighted by atomic mass is 10.1. The first kappa shape index (κ1) is 17.3. The monoisotopic (exact) mass is 342 g/mol. The van der Waals surface area contributed by atoms with Gasteiger partial charge in [0.2, 0.25) is 0 Å². The van der Waals surface area contributed by atoms with E-state index in [1.54, 1.807) is 24.1 Å². The van der Waals surface area contributed by atoms with E-state index in [1.807, 2.05) is 26.8 Å². The van der Waals surface area contributed by atoms with Crippen molar-refractivity contribution >= 4 is 5.91 Å². The van der Waals surface area contributed by atoms with Gasteiger partial charge < -0.3 is 14.2 Å². The number of aryl methyl sites for hydroxylation is 3. The van der Waals surface area contributed by atoms with Gasteiger partial charge in [-0.2, -0.15) is 0 Å². The van der Waals surface area contributed by atoms with Gasteiger partial charge in [0, 0.05) is 30.7 Å². The van der Waals surface area contributed by atoms with Crippen LogP contribution in [0.25, 0.3) is 0 Å². The molecule has 1 aliphatic rings. The summed E-state index contributed by atoms with van der Waals surface area (Å²) in [5.41, 5.74) is 2.43. The van der Waals surface area contributed by atoms with Gasteiger partial charge in [-0.25, -0.2) is 9.97 Å². The van der Waals surface area contributed by atoms with Crippen LogP contribution in [-0.2, 0) is 11.8 Å². The predicted octanol–water partition coefficient (Wildman–Crippen LogP) is 1.31. The van der Waals surface area contributed by atoms with E-state index in [9.17, 15) is 9.59 Å². The Balaban J connectivity index is 1.85. The number of carbonyl (C=O) groups excluding carboxylic acids is 1. The van der Waals surface area contributed by atoms with E-state index in [0.717, 1.165) is 17.1 Å². The molecular formula is C18H22N4O3. The van der Waals surface area contributed by atoms with Gasteiger partial charge in [-0.3, -0.25) is 9.59 Å². The highest BCUT2D eigenvalue weighted by Gasteiger charge is 2.29. The maximum absolute atomic E-state index is 12.8. The lowest BCUT2D eigenvalue weighted by Gasteiger charge is -2.32. The summed E-state index contributed by atoms with van der Waals surface area (Å²) in [5.74, 6) is 0.296. The Morgan fingerprint density at radius 1 is 1.20 bits per heavy atom. The molecule has 25 heavy (non-hydrogen) atoms. The zero-order valence-corrected chi connectivity index (χ0v) is 14.9. The van der Waals surface area contributed by atoms with Crippen molar-refractivity contribution in [2.45, 2.75) is 26.9 Å². The van der Waals surface area contributed by atoms with Crippen LogP contribution in [0.1, 0.15) is 39.4 Å². The quantitative estimate of drug-likeness (QED) is 0.822. The van der Waals surface area contributed by atoms with Crippen molar-refractivity contribution in [1.29, 1.82) is 0 Å². The Morgan fingerprint density at radius 3 is 2.56 bits per heavy atom. The molecule has 0 unspecified atom stereocenters. The zero-order valence-electron chi connectivity index (χ0n) is 14.9. The predicted molar refractivity (Wildman–Crippen MR) is 92.5 cm³/mol. The Hall–Kier alpha value is -2.54. The SMILES string of the molecule is Cc1cc(C)nc([C@@H]2CN(C(=O)c3ccc(C)n(C)c3=O)CCO2)n1. The summed E-state index contributed by atoms with van der Waals surface area (Å²) >= 11 is 0. The normalized spacial score (nSPS) is 17.6. The molecule has 0 bridgehead atoms. The number of ether oxygens (including phenoxy) is 1. The molecule has 0 spiro atoms. The fourth-order valence-corrected chi connectivity index (χ4v) is 2.95. The van der Waals surface area contributed by atoms with Gasteiger partial charge in [-0.15, -0.1) is 0 Å². The summed E-state index contributed by atoms with van der Waals surface area (Å²) in [7, 11) is 1.67. The Bertz CT molecular complexity index is 855. The molecule has 0 aromatic carbocycles. The maximum atomic E-state index is 12.8. The fraction of sp³-hybridized carbons (Fsp3) is 0.444. The van der Waals surface area contributed by atoms with Gasteiger partial charge in [-0.1, -0.05) is 0 Å². The molecule has 1 aliphatic heterocycles. The minimum Gasteiger partial charge on any atom is -0.367 e. The summed E-state index contributed by atoms with van der Waals surface area (Å²) in [4.78, 5) is 35.7. The topological polar surface area (TPSA) is 77.3 Å². The number of aromatic nitrogens is 3. The Kier molecular flexibility index (Phi) is 4.67.